The number of fused-ring (bicyclic) bond motifs is 1. The van der Waals surface area contributed by atoms with Gasteiger partial charge in [-0.3, -0.25) is 4.79 Å². The smallest absolute Gasteiger partial charge is 0.253 e. The maximum Gasteiger partial charge on any atom is 0.253 e. The van der Waals surface area contributed by atoms with E-state index < -0.39 is 0 Å². The van der Waals surface area contributed by atoms with E-state index in [1.165, 1.54) is 0 Å². The van der Waals surface area contributed by atoms with Gasteiger partial charge < -0.3 is 15.4 Å². The summed E-state index contributed by atoms with van der Waals surface area (Å²) in [4.78, 5) is 12.1. The zero-order valence-corrected chi connectivity index (χ0v) is 13.6. The van der Waals surface area contributed by atoms with Crippen LogP contribution in [0.5, 0.6) is 5.75 Å². The van der Waals surface area contributed by atoms with Crippen molar-refractivity contribution in [3.05, 3.63) is 64.3 Å². The van der Waals surface area contributed by atoms with Crippen molar-refractivity contribution in [3.63, 3.8) is 0 Å². The highest BCUT2D eigenvalue weighted by molar-refractivity contribution is 9.10. The molecule has 0 spiro atoms. The van der Waals surface area contributed by atoms with Crippen LogP contribution in [0, 0.1) is 0 Å². The van der Waals surface area contributed by atoms with Crippen molar-refractivity contribution in [3.8, 4) is 5.75 Å². The SMILES string of the molecule is COc1ccc(NC=C2C(=O)NCc3c(Br)cccc32)cc1. The normalized spacial score (nSPS) is 15.2. The Hall–Kier alpha value is -2.27. The third kappa shape index (κ3) is 2.85. The molecule has 22 heavy (non-hydrogen) atoms. The highest BCUT2D eigenvalue weighted by Gasteiger charge is 2.22. The molecule has 5 heteroatoms. The summed E-state index contributed by atoms with van der Waals surface area (Å²) in [5, 5.41) is 6.05. The number of anilines is 1. The molecule has 0 aromatic heterocycles. The van der Waals surface area contributed by atoms with Gasteiger partial charge in [-0.25, -0.2) is 0 Å². The predicted octanol–water partition coefficient (Wildman–Crippen LogP) is 3.54. The fourth-order valence-corrected chi connectivity index (χ4v) is 2.87. The first-order chi connectivity index (χ1) is 10.7. The number of hydrogen-bond acceptors (Lipinski definition) is 3. The Kier molecular flexibility index (Phi) is 4.15. The molecule has 2 aromatic carbocycles. The molecule has 3 rings (SSSR count). The van der Waals surface area contributed by atoms with E-state index in [1.807, 2.05) is 42.5 Å². The van der Waals surface area contributed by atoms with Crippen molar-refractivity contribution in [2.75, 3.05) is 12.4 Å². The maximum atomic E-state index is 12.1. The Morgan fingerprint density at radius 1 is 1.23 bits per heavy atom. The van der Waals surface area contributed by atoms with Crippen LogP contribution in [0.3, 0.4) is 0 Å². The van der Waals surface area contributed by atoms with Gasteiger partial charge in [-0.05, 0) is 41.5 Å². The Morgan fingerprint density at radius 3 is 2.73 bits per heavy atom. The minimum atomic E-state index is -0.0772. The van der Waals surface area contributed by atoms with Gasteiger partial charge in [-0.1, -0.05) is 28.1 Å². The molecule has 1 amide bonds. The number of benzene rings is 2. The van der Waals surface area contributed by atoms with E-state index in [9.17, 15) is 4.79 Å². The first-order valence-electron chi connectivity index (χ1n) is 6.86. The van der Waals surface area contributed by atoms with Crippen molar-refractivity contribution in [1.82, 2.24) is 5.32 Å². The summed E-state index contributed by atoms with van der Waals surface area (Å²) in [7, 11) is 1.63. The molecule has 0 atom stereocenters. The molecule has 0 radical (unpaired) electrons. The Morgan fingerprint density at radius 2 is 2.00 bits per heavy atom. The molecule has 4 nitrogen and oxygen atoms in total. The van der Waals surface area contributed by atoms with E-state index in [0.717, 1.165) is 27.0 Å². The number of amides is 1. The van der Waals surface area contributed by atoms with E-state index in [2.05, 4.69) is 26.6 Å². The van der Waals surface area contributed by atoms with Crippen LogP contribution in [-0.2, 0) is 11.3 Å². The van der Waals surface area contributed by atoms with Crippen LogP contribution >= 0.6 is 15.9 Å². The number of halogens is 1. The summed E-state index contributed by atoms with van der Waals surface area (Å²) < 4.78 is 6.13. The fourth-order valence-electron chi connectivity index (χ4n) is 2.36. The third-order valence-electron chi connectivity index (χ3n) is 3.55. The van der Waals surface area contributed by atoms with Gasteiger partial charge in [0.05, 0.1) is 12.7 Å². The van der Waals surface area contributed by atoms with Crippen molar-refractivity contribution in [2.45, 2.75) is 6.54 Å². The average Bonchev–Trinajstić information content (AvgIpc) is 2.54. The Labute approximate surface area is 137 Å². The van der Waals surface area contributed by atoms with Crippen LogP contribution in [0.1, 0.15) is 11.1 Å². The van der Waals surface area contributed by atoms with Crippen molar-refractivity contribution in [2.24, 2.45) is 0 Å². The topological polar surface area (TPSA) is 50.4 Å². The molecule has 1 aliphatic rings. The molecule has 0 unspecified atom stereocenters. The Bertz CT molecular complexity index is 739. The fraction of sp³-hybridized carbons (Fsp3) is 0.118. The highest BCUT2D eigenvalue weighted by Crippen LogP contribution is 2.29. The molecule has 0 saturated heterocycles. The number of hydrogen-bond donors (Lipinski definition) is 2. The molecule has 2 N–H and O–H groups in total. The van der Waals surface area contributed by atoms with Gasteiger partial charge in [0.25, 0.3) is 5.91 Å². The lowest BCUT2D eigenvalue weighted by Crippen LogP contribution is -2.30. The van der Waals surface area contributed by atoms with Crippen LogP contribution < -0.4 is 15.4 Å². The number of nitrogens with one attached hydrogen (secondary N) is 2. The minimum Gasteiger partial charge on any atom is -0.497 e. The van der Waals surface area contributed by atoms with Crippen LogP contribution in [0.15, 0.2) is 53.1 Å². The molecule has 0 fully saturated rings. The van der Waals surface area contributed by atoms with Gasteiger partial charge >= 0.3 is 0 Å². The van der Waals surface area contributed by atoms with Gasteiger partial charge in [-0.15, -0.1) is 0 Å². The van der Waals surface area contributed by atoms with E-state index in [-0.39, 0.29) is 5.91 Å². The quantitative estimate of drug-likeness (QED) is 0.825. The van der Waals surface area contributed by atoms with Crippen molar-refractivity contribution >= 4 is 33.1 Å². The van der Waals surface area contributed by atoms with Crippen LogP contribution in [0.4, 0.5) is 5.69 Å². The van der Waals surface area contributed by atoms with E-state index in [1.54, 1.807) is 13.3 Å². The number of methoxy groups -OCH3 is 1. The number of ether oxygens (including phenoxy) is 1. The van der Waals surface area contributed by atoms with Crippen molar-refractivity contribution < 1.29 is 9.53 Å². The first-order valence-corrected chi connectivity index (χ1v) is 7.65. The largest absolute Gasteiger partial charge is 0.497 e. The molecule has 2 aromatic rings. The second-order valence-electron chi connectivity index (χ2n) is 4.88. The molecule has 0 bridgehead atoms. The minimum absolute atomic E-state index is 0.0772. The summed E-state index contributed by atoms with van der Waals surface area (Å²) in [5.74, 6) is 0.717. The van der Waals surface area contributed by atoms with Crippen LogP contribution in [-0.4, -0.2) is 13.0 Å². The van der Waals surface area contributed by atoms with Gasteiger partial charge in [0.1, 0.15) is 5.75 Å². The Balaban J connectivity index is 1.90. The summed E-state index contributed by atoms with van der Waals surface area (Å²) in [6.45, 7) is 0.537. The molecule has 112 valence electrons. The maximum absolute atomic E-state index is 12.1. The molecular formula is C17H15BrN2O2. The molecule has 0 aliphatic carbocycles. The third-order valence-corrected chi connectivity index (χ3v) is 4.30. The summed E-state index contributed by atoms with van der Waals surface area (Å²) in [6, 6.07) is 13.4. The first kappa shape index (κ1) is 14.7. The lowest BCUT2D eigenvalue weighted by molar-refractivity contribution is -0.116. The standard InChI is InChI=1S/C17H15BrN2O2/c1-22-12-7-5-11(6-8-12)19-10-15-13-3-2-4-16(18)14(13)9-20-17(15)21/h2-8,10,19H,9H2,1H3,(H,20,21). The van der Waals surface area contributed by atoms with E-state index >= 15 is 0 Å². The van der Waals surface area contributed by atoms with E-state index in [4.69, 9.17) is 4.74 Å². The zero-order valence-electron chi connectivity index (χ0n) is 12.0. The summed E-state index contributed by atoms with van der Waals surface area (Å²) in [5.41, 5.74) is 3.55. The van der Waals surface area contributed by atoms with Gasteiger partial charge in [0.15, 0.2) is 0 Å². The van der Waals surface area contributed by atoms with Crippen molar-refractivity contribution in [1.29, 1.82) is 0 Å². The molecule has 0 saturated carbocycles. The van der Waals surface area contributed by atoms with Gasteiger partial charge in [0, 0.05) is 22.9 Å². The number of carbonyl (C=O) groups excluding carboxylic acids is 1. The van der Waals surface area contributed by atoms with Crippen LogP contribution in [0.2, 0.25) is 0 Å². The predicted molar refractivity (Wildman–Crippen MR) is 90.6 cm³/mol. The number of carbonyl (C=O) groups is 1. The summed E-state index contributed by atoms with van der Waals surface area (Å²) in [6.07, 6.45) is 1.74. The van der Waals surface area contributed by atoms with Gasteiger partial charge in [0.2, 0.25) is 0 Å². The second-order valence-corrected chi connectivity index (χ2v) is 5.73. The highest BCUT2D eigenvalue weighted by atomic mass is 79.9. The lowest BCUT2D eigenvalue weighted by atomic mass is 9.96. The molecule has 1 heterocycles. The van der Waals surface area contributed by atoms with Crippen LogP contribution in [0.25, 0.3) is 5.57 Å². The summed E-state index contributed by atoms with van der Waals surface area (Å²) >= 11 is 3.53. The zero-order chi connectivity index (χ0) is 15.5. The molecular weight excluding hydrogens is 344 g/mol. The average molecular weight is 359 g/mol. The molecule has 1 aliphatic heterocycles. The monoisotopic (exact) mass is 358 g/mol. The van der Waals surface area contributed by atoms with E-state index in [0.29, 0.717) is 12.1 Å². The number of rotatable bonds is 3. The van der Waals surface area contributed by atoms with Gasteiger partial charge in [-0.2, -0.15) is 0 Å². The lowest BCUT2D eigenvalue weighted by Gasteiger charge is -2.20. The second kappa shape index (κ2) is 6.23.